The Kier molecular flexibility index (Phi) is 5.69. The summed E-state index contributed by atoms with van der Waals surface area (Å²) in [5.74, 6) is -1.40. The molecule has 11 heteroatoms. The molecule has 2 heterocycles. The third-order valence-corrected chi connectivity index (χ3v) is 3.86. The molecule has 0 bridgehead atoms. The lowest BCUT2D eigenvalue weighted by atomic mass is 10.2. The fourth-order valence-corrected chi connectivity index (χ4v) is 2.62. The van der Waals surface area contributed by atoms with Gasteiger partial charge in [-0.1, -0.05) is 15.9 Å². The summed E-state index contributed by atoms with van der Waals surface area (Å²) in [5, 5.41) is 6.98. The number of ether oxygens (including phenoxy) is 1. The topological polar surface area (TPSA) is 99.0 Å². The molecule has 1 amide bonds. The van der Waals surface area contributed by atoms with E-state index < -0.39 is 30.5 Å². The van der Waals surface area contributed by atoms with E-state index in [9.17, 15) is 18.4 Å². The van der Waals surface area contributed by atoms with Gasteiger partial charge in [-0.05, 0) is 18.2 Å². The second-order valence-corrected chi connectivity index (χ2v) is 6.18. The second-order valence-electron chi connectivity index (χ2n) is 5.27. The number of hydrogen-bond acceptors (Lipinski definition) is 6. The minimum Gasteiger partial charge on any atom is -0.473 e. The average molecular weight is 440 g/mol. The van der Waals surface area contributed by atoms with Crippen molar-refractivity contribution < 1.29 is 18.3 Å². The first-order valence-corrected chi connectivity index (χ1v) is 8.44. The molecule has 0 aliphatic rings. The molecule has 1 N–H and O–H groups in total. The monoisotopic (exact) mass is 439 g/mol. The highest BCUT2D eigenvalue weighted by Crippen LogP contribution is 2.24. The van der Waals surface area contributed by atoms with Crippen LogP contribution in [0, 0.1) is 5.82 Å². The molecule has 0 saturated carbocycles. The van der Waals surface area contributed by atoms with Crippen molar-refractivity contribution in [1.82, 2.24) is 19.7 Å². The van der Waals surface area contributed by atoms with Crippen molar-refractivity contribution in [1.29, 1.82) is 0 Å². The summed E-state index contributed by atoms with van der Waals surface area (Å²) in [6.07, 6.45) is 1.79. The van der Waals surface area contributed by atoms with Crippen molar-refractivity contribution in [2.75, 3.05) is 18.6 Å². The summed E-state index contributed by atoms with van der Waals surface area (Å²) in [6.45, 7) is -1.45. The number of nitrogens with zero attached hydrogens (tertiary/aromatic N) is 4. The number of fused-ring (bicyclic) bond motifs is 1. The number of halogens is 3. The van der Waals surface area contributed by atoms with Crippen molar-refractivity contribution in [3.8, 4) is 5.88 Å². The van der Waals surface area contributed by atoms with Gasteiger partial charge in [0.25, 0.3) is 5.56 Å². The zero-order valence-corrected chi connectivity index (χ0v) is 15.2. The molecule has 0 fully saturated rings. The van der Waals surface area contributed by atoms with Crippen LogP contribution in [0.3, 0.4) is 0 Å². The summed E-state index contributed by atoms with van der Waals surface area (Å²) >= 11 is 3.29. The maximum Gasteiger partial charge on any atom is 0.275 e. The van der Waals surface area contributed by atoms with Crippen LogP contribution in [0.15, 0.2) is 39.9 Å². The Balaban J connectivity index is 1.92. The zero-order valence-electron chi connectivity index (χ0n) is 13.7. The van der Waals surface area contributed by atoms with Gasteiger partial charge in [0.15, 0.2) is 5.82 Å². The van der Waals surface area contributed by atoms with E-state index in [-0.39, 0.29) is 23.8 Å². The lowest BCUT2D eigenvalue weighted by molar-refractivity contribution is -0.117. The van der Waals surface area contributed by atoms with Crippen molar-refractivity contribution >= 4 is 38.6 Å². The lowest BCUT2D eigenvalue weighted by Gasteiger charge is -2.11. The van der Waals surface area contributed by atoms with Crippen LogP contribution in [-0.2, 0) is 11.3 Å². The van der Waals surface area contributed by atoms with Crippen LogP contribution in [-0.4, -0.2) is 38.9 Å². The predicted octanol–water partition coefficient (Wildman–Crippen LogP) is 2.08. The Bertz CT molecular complexity index is 1040. The summed E-state index contributed by atoms with van der Waals surface area (Å²) in [4.78, 5) is 31.9. The van der Waals surface area contributed by atoms with Crippen molar-refractivity contribution in [3.63, 3.8) is 0 Å². The molecule has 140 valence electrons. The van der Waals surface area contributed by atoms with Gasteiger partial charge < -0.3 is 4.74 Å². The number of alkyl halides is 1. The number of hydrogen-bond donors (Lipinski definition) is 1. The van der Waals surface area contributed by atoms with Gasteiger partial charge in [-0.3, -0.25) is 14.9 Å². The Labute approximate surface area is 159 Å². The first kappa shape index (κ1) is 18.8. The predicted molar refractivity (Wildman–Crippen MR) is 95.8 cm³/mol. The molecular weight excluding hydrogens is 428 g/mol. The van der Waals surface area contributed by atoms with Crippen LogP contribution in [0.2, 0.25) is 0 Å². The molecule has 0 aliphatic carbocycles. The number of rotatable bonds is 6. The second kappa shape index (κ2) is 8.16. The molecule has 2 aromatic heterocycles. The van der Waals surface area contributed by atoms with Gasteiger partial charge in [0.05, 0.1) is 23.2 Å². The fraction of sp³-hybridized carbons (Fsp3) is 0.188. The van der Waals surface area contributed by atoms with Gasteiger partial charge in [-0.2, -0.15) is 0 Å². The van der Waals surface area contributed by atoms with E-state index in [1.54, 1.807) is 18.2 Å². The summed E-state index contributed by atoms with van der Waals surface area (Å²) in [7, 11) is 0. The van der Waals surface area contributed by atoms with E-state index in [0.29, 0.717) is 9.86 Å². The van der Waals surface area contributed by atoms with Gasteiger partial charge >= 0.3 is 0 Å². The minimum absolute atomic E-state index is 0.0226. The average Bonchev–Trinajstić information content (AvgIpc) is 2.65. The maximum absolute atomic E-state index is 12.8. The van der Waals surface area contributed by atoms with Gasteiger partial charge in [0, 0.05) is 4.47 Å². The number of carbonyl (C=O) groups is 1. The van der Waals surface area contributed by atoms with Gasteiger partial charge in [0.2, 0.25) is 17.7 Å². The summed E-state index contributed by atoms with van der Waals surface area (Å²) < 4.78 is 32.1. The largest absolute Gasteiger partial charge is 0.473 e. The first-order valence-electron chi connectivity index (χ1n) is 7.64. The smallest absolute Gasteiger partial charge is 0.275 e. The summed E-state index contributed by atoms with van der Waals surface area (Å²) in [6, 6.07) is 4.82. The van der Waals surface area contributed by atoms with E-state index in [1.165, 1.54) is 0 Å². The number of nitrogens with one attached hydrogen (secondary N) is 1. The molecular formula is C16H12BrF2N5O3. The molecule has 0 spiro atoms. The van der Waals surface area contributed by atoms with Crippen LogP contribution in [0.4, 0.5) is 14.7 Å². The Morgan fingerprint density at radius 3 is 2.70 bits per heavy atom. The third-order valence-electron chi connectivity index (χ3n) is 3.37. The van der Waals surface area contributed by atoms with Crippen molar-refractivity contribution in [3.05, 3.63) is 51.2 Å². The van der Waals surface area contributed by atoms with Crippen LogP contribution in [0.1, 0.15) is 0 Å². The lowest BCUT2D eigenvalue weighted by Crippen LogP contribution is -2.30. The standard InChI is InChI=1S/C16H12BrF2N5O3/c17-9-1-2-11-12(5-9)14(27-4-3-18)23-24(15(11)26)8-13(25)22-16-20-6-10(19)7-21-16/h1-2,5-7H,3-4,8H2,(H,20,21,22,25). The van der Waals surface area contributed by atoms with Crippen LogP contribution in [0.5, 0.6) is 5.88 Å². The van der Waals surface area contributed by atoms with Gasteiger partial charge in [0.1, 0.15) is 19.8 Å². The quantitative estimate of drug-likeness (QED) is 0.631. The molecule has 1 aromatic carbocycles. The molecule has 3 aromatic rings. The van der Waals surface area contributed by atoms with E-state index in [2.05, 4.69) is 36.3 Å². The fourth-order valence-electron chi connectivity index (χ4n) is 2.25. The van der Waals surface area contributed by atoms with Crippen LogP contribution < -0.4 is 15.6 Å². The highest BCUT2D eigenvalue weighted by Gasteiger charge is 2.15. The molecule has 3 rings (SSSR count). The van der Waals surface area contributed by atoms with E-state index >= 15 is 0 Å². The van der Waals surface area contributed by atoms with Crippen molar-refractivity contribution in [2.45, 2.75) is 6.54 Å². The maximum atomic E-state index is 12.8. The van der Waals surface area contributed by atoms with E-state index in [1.807, 2.05) is 0 Å². The number of amides is 1. The molecule has 27 heavy (non-hydrogen) atoms. The molecule has 0 atom stereocenters. The van der Waals surface area contributed by atoms with Crippen LogP contribution in [0.25, 0.3) is 10.8 Å². The zero-order chi connectivity index (χ0) is 19.4. The number of anilines is 1. The van der Waals surface area contributed by atoms with Gasteiger partial charge in [-0.15, -0.1) is 5.10 Å². The Morgan fingerprint density at radius 2 is 2.00 bits per heavy atom. The van der Waals surface area contributed by atoms with Gasteiger partial charge in [-0.25, -0.2) is 23.4 Å². The summed E-state index contributed by atoms with van der Waals surface area (Å²) in [5.41, 5.74) is -0.528. The number of benzene rings is 1. The first-order chi connectivity index (χ1) is 13.0. The van der Waals surface area contributed by atoms with Crippen molar-refractivity contribution in [2.24, 2.45) is 0 Å². The highest BCUT2D eigenvalue weighted by atomic mass is 79.9. The molecule has 0 aliphatic heterocycles. The molecule has 0 radical (unpaired) electrons. The SMILES string of the molecule is O=C(Cn1nc(OCCF)c2cc(Br)ccc2c1=O)Nc1ncc(F)cn1. The van der Waals surface area contributed by atoms with Crippen LogP contribution >= 0.6 is 15.9 Å². The van der Waals surface area contributed by atoms with E-state index in [0.717, 1.165) is 17.1 Å². The molecule has 0 saturated heterocycles. The molecule has 0 unspecified atom stereocenters. The normalized spacial score (nSPS) is 10.8. The number of carbonyl (C=O) groups excluding carboxylic acids is 1. The third kappa shape index (κ3) is 4.42. The molecule has 8 nitrogen and oxygen atoms in total. The number of aromatic nitrogens is 4. The Morgan fingerprint density at radius 1 is 1.26 bits per heavy atom. The van der Waals surface area contributed by atoms with E-state index in [4.69, 9.17) is 4.74 Å². The minimum atomic E-state index is -0.737. The Hall–Kier alpha value is -2.95. The highest BCUT2D eigenvalue weighted by molar-refractivity contribution is 9.10.